The maximum atomic E-state index is 14.4. The van der Waals surface area contributed by atoms with Gasteiger partial charge >= 0.3 is 5.97 Å². The summed E-state index contributed by atoms with van der Waals surface area (Å²) in [5, 5.41) is 21.4. The predicted molar refractivity (Wildman–Crippen MR) is 171 cm³/mol. The number of hydrogen-bond donors (Lipinski definition) is 2. The average Bonchev–Trinajstić information content (AvgIpc) is 3.30. The smallest absolute Gasteiger partial charge is 0.305 e. The van der Waals surface area contributed by atoms with Crippen LogP contribution in [0.25, 0.3) is 10.4 Å². The van der Waals surface area contributed by atoms with E-state index in [4.69, 9.17) is 4.74 Å². The van der Waals surface area contributed by atoms with Crippen molar-refractivity contribution in [1.82, 2.24) is 30.2 Å². The molecule has 45 heavy (non-hydrogen) atoms. The second-order valence-electron chi connectivity index (χ2n) is 14.3. The summed E-state index contributed by atoms with van der Waals surface area (Å²) in [5.41, 5.74) is 4.22. The van der Waals surface area contributed by atoms with Crippen LogP contribution in [0.2, 0.25) is 0 Å². The molecule has 4 atom stereocenters. The van der Waals surface area contributed by atoms with Gasteiger partial charge in [0.2, 0.25) is 11.8 Å². The van der Waals surface area contributed by atoms with Crippen molar-refractivity contribution in [2.75, 3.05) is 6.54 Å². The van der Waals surface area contributed by atoms with Crippen molar-refractivity contribution in [3.05, 3.63) is 52.9 Å². The third-order valence-corrected chi connectivity index (χ3v) is 9.20. The molecule has 2 amide bonds. The van der Waals surface area contributed by atoms with Crippen LogP contribution in [0.4, 0.5) is 0 Å². The summed E-state index contributed by atoms with van der Waals surface area (Å²) < 4.78 is 7.92. The minimum atomic E-state index is -1.04. The molecule has 2 aromatic heterocycles. The van der Waals surface area contributed by atoms with Gasteiger partial charge in [0, 0.05) is 25.1 Å². The number of carbonyl (C=O) groups excluding carboxylic acids is 2. The number of aliphatic carboxylic acids is 1. The van der Waals surface area contributed by atoms with E-state index in [0.29, 0.717) is 17.9 Å². The summed E-state index contributed by atoms with van der Waals surface area (Å²) in [7, 11) is 0. The number of aromatic nitrogens is 4. The Morgan fingerprint density at radius 1 is 1.11 bits per heavy atom. The molecule has 2 aliphatic rings. The van der Waals surface area contributed by atoms with Gasteiger partial charge in [-0.05, 0) is 57.1 Å². The van der Waals surface area contributed by atoms with Gasteiger partial charge in [-0.15, -0.1) is 16.4 Å². The second-order valence-corrected chi connectivity index (χ2v) is 15.2. The first-order valence-electron chi connectivity index (χ1n) is 15.5. The summed E-state index contributed by atoms with van der Waals surface area (Å²) in [4.78, 5) is 47.3. The van der Waals surface area contributed by atoms with Gasteiger partial charge in [-0.25, -0.2) is 9.67 Å². The predicted octanol–water partition coefficient (Wildman–Crippen LogP) is 5.29. The molecule has 5 rings (SSSR count). The molecule has 1 aliphatic heterocycles. The van der Waals surface area contributed by atoms with Crippen molar-refractivity contribution in [1.29, 1.82) is 0 Å². The number of benzene rings is 1. The Labute approximate surface area is 268 Å². The molecule has 2 fully saturated rings. The molecular weight excluding hydrogens is 592 g/mol. The van der Waals surface area contributed by atoms with Crippen LogP contribution < -0.4 is 5.32 Å². The fourth-order valence-corrected chi connectivity index (χ4v) is 6.85. The quantitative estimate of drug-likeness (QED) is 0.306. The van der Waals surface area contributed by atoms with Crippen molar-refractivity contribution >= 4 is 29.1 Å². The zero-order valence-corrected chi connectivity index (χ0v) is 27.9. The van der Waals surface area contributed by atoms with E-state index in [9.17, 15) is 19.5 Å². The molecule has 0 spiro atoms. The molecule has 1 saturated heterocycles. The maximum Gasteiger partial charge on any atom is 0.305 e. The standard InChI is InChI=1S/C33H44N6O5S/c1-19-28(45-18-34-19)22-12-10-20(11-13-22)24(15-27(40)41)35-30(42)26-14-23(44-33(5,6)7)16-38(26)31(43)29(32(2,3)4)39-17-25(36-37-39)21-8-9-21/h10-13,17-18,21,23-24,26,29H,8-9,14-16H2,1-7H3,(H,35,42)(H,40,41)/t23-,24-,26-,29+/m0/s1. The van der Waals surface area contributed by atoms with E-state index in [2.05, 4.69) is 20.6 Å². The van der Waals surface area contributed by atoms with Crippen molar-refractivity contribution in [2.24, 2.45) is 5.41 Å². The number of rotatable bonds is 10. The third kappa shape index (κ3) is 7.78. The fraction of sp³-hybridized carbons (Fsp3) is 0.576. The summed E-state index contributed by atoms with van der Waals surface area (Å²) in [5.74, 6) is -1.31. The summed E-state index contributed by atoms with van der Waals surface area (Å²) in [6.45, 7) is 13.9. The fourth-order valence-electron chi connectivity index (χ4n) is 6.04. The molecule has 3 aromatic rings. The van der Waals surface area contributed by atoms with E-state index in [1.807, 2.05) is 78.9 Å². The largest absolute Gasteiger partial charge is 0.481 e. The maximum absolute atomic E-state index is 14.4. The molecule has 242 valence electrons. The highest BCUT2D eigenvalue weighted by Gasteiger charge is 2.47. The number of amides is 2. The molecule has 0 radical (unpaired) electrons. The molecular formula is C33H44N6O5S. The minimum Gasteiger partial charge on any atom is -0.481 e. The first-order valence-corrected chi connectivity index (χ1v) is 16.4. The number of carboxylic acid groups (broad SMARTS) is 1. The van der Waals surface area contributed by atoms with Gasteiger partial charge in [-0.3, -0.25) is 14.4 Å². The van der Waals surface area contributed by atoms with E-state index in [-0.39, 0.29) is 25.0 Å². The van der Waals surface area contributed by atoms with E-state index < -0.39 is 41.0 Å². The number of nitrogens with one attached hydrogen (secondary N) is 1. The van der Waals surface area contributed by atoms with Crippen LogP contribution in [-0.4, -0.2) is 72.1 Å². The number of thiazole rings is 1. The molecule has 3 heterocycles. The number of ether oxygens (including phenoxy) is 1. The lowest BCUT2D eigenvalue weighted by atomic mass is 9.85. The lowest BCUT2D eigenvalue weighted by Gasteiger charge is -2.35. The number of nitrogens with zero attached hydrogens (tertiary/aromatic N) is 5. The molecule has 1 aromatic carbocycles. The molecule has 0 unspecified atom stereocenters. The summed E-state index contributed by atoms with van der Waals surface area (Å²) in [6, 6.07) is 5.16. The number of carboxylic acids is 1. The van der Waals surface area contributed by atoms with Crippen LogP contribution in [0.3, 0.4) is 0 Å². The summed E-state index contributed by atoms with van der Waals surface area (Å²) >= 11 is 1.54. The van der Waals surface area contributed by atoms with E-state index in [0.717, 1.165) is 34.7 Å². The Morgan fingerprint density at radius 3 is 2.36 bits per heavy atom. The topological polar surface area (TPSA) is 140 Å². The van der Waals surface area contributed by atoms with Gasteiger partial charge < -0.3 is 20.1 Å². The lowest BCUT2D eigenvalue weighted by Crippen LogP contribution is -2.51. The Hall–Kier alpha value is -3.64. The van der Waals surface area contributed by atoms with Crippen molar-refractivity contribution in [2.45, 2.75) is 110 Å². The van der Waals surface area contributed by atoms with Gasteiger partial charge in [0.1, 0.15) is 12.1 Å². The SMILES string of the molecule is Cc1ncsc1-c1ccc([C@H](CC(=O)O)NC(=O)[C@@H]2C[C@H](OC(C)(C)C)CN2C(=O)[C@@H](n2cc(C3CC3)nn2)C(C)(C)C)cc1. The van der Waals surface area contributed by atoms with Gasteiger partial charge in [-0.1, -0.05) is 50.3 Å². The van der Waals surface area contributed by atoms with E-state index in [1.165, 1.54) is 11.3 Å². The van der Waals surface area contributed by atoms with Crippen LogP contribution in [0.15, 0.2) is 36.0 Å². The van der Waals surface area contributed by atoms with Crippen LogP contribution in [-0.2, 0) is 19.1 Å². The highest BCUT2D eigenvalue weighted by Crippen LogP contribution is 2.41. The highest BCUT2D eigenvalue weighted by molar-refractivity contribution is 7.13. The summed E-state index contributed by atoms with van der Waals surface area (Å²) in [6.07, 6.45) is 3.61. The Kier molecular flexibility index (Phi) is 9.19. The monoisotopic (exact) mass is 636 g/mol. The Balaban J connectivity index is 1.41. The van der Waals surface area contributed by atoms with Crippen molar-refractivity contribution in [3.8, 4) is 10.4 Å². The van der Waals surface area contributed by atoms with Crippen molar-refractivity contribution in [3.63, 3.8) is 0 Å². The zero-order valence-electron chi connectivity index (χ0n) is 27.1. The molecule has 2 N–H and O–H groups in total. The first-order chi connectivity index (χ1) is 21.1. The molecule has 1 aliphatic carbocycles. The van der Waals surface area contributed by atoms with E-state index in [1.54, 1.807) is 15.1 Å². The number of aryl methyl sites for hydroxylation is 1. The molecule has 11 nitrogen and oxygen atoms in total. The zero-order chi connectivity index (χ0) is 32.7. The second kappa shape index (κ2) is 12.6. The number of carbonyl (C=O) groups is 3. The van der Waals surface area contributed by atoms with Gasteiger partial charge in [0.15, 0.2) is 0 Å². The third-order valence-electron chi connectivity index (χ3n) is 8.23. The highest BCUT2D eigenvalue weighted by atomic mass is 32.1. The van der Waals surface area contributed by atoms with Crippen molar-refractivity contribution < 1.29 is 24.2 Å². The molecule has 1 saturated carbocycles. The van der Waals surface area contributed by atoms with Gasteiger partial charge in [0.25, 0.3) is 0 Å². The van der Waals surface area contributed by atoms with Gasteiger partial charge in [0.05, 0.1) is 45.9 Å². The van der Waals surface area contributed by atoms with Crippen LogP contribution in [0, 0.1) is 12.3 Å². The molecule has 0 bridgehead atoms. The minimum absolute atomic E-state index is 0.234. The Morgan fingerprint density at radius 2 is 1.80 bits per heavy atom. The van der Waals surface area contributed by atoms with Crippen LogP contribution >= 0.6 is 11.3 Å². The van der Waals surface area contributed by atoms with Crippen LogP contribution in [0.1, 0.15) is 102 Å². The van der Waals surface area contributed by atoms with Gasteiger partial charge in [-0.2, -0.15) is 0 Å². The lowest BCUT2D eigenvalue weighted by molar-refractivity contribution is -0.145. The van der Waals surface area contributed by atoms with Crippen LogP contribution in [0.5, 0.6) is 0 Å². The normalized spacial score (nSPS) is 20.2. The van der Waals surface area contributed by atoms with E-state index >= 15 is 0 Å². The Bertz CT molecular complexity index is 1530. The number of likely N-dealkylation sites (tertiary alicyclic amines) is 1. The first kappa shape index (κ1) is 32.7. The number of hydrogen-bond acceptors (Lipinski definition) is 8. The average molecular weight is 637 g/mol. The molecule has 12 heteroatoms.